The van der Waals surface area contributed by atoms with Crippen molar-refractivity contribution < 1.29 is 9.59 Å². The standard InChI is InChI=1S/C25H30N4O2/c30-24(28-17-8-1-2-9-18-28)15-19-29-22-13-7-6-12-21(22)27-23(29)14-16-26-25(31)20-10-4-3-5-11-20/h3-7,10-13H,1-2,8-9,14-19H2,(H,26,31). The maximum atomic E-state index is 12.8. The Morgan fingerprint density at radius 3 is 2.39 bits per heavy atom. The highest BCUT2D eigenvalue weighted by Gasteiger charge is 2.17. The second-order valence-corrected chi connectivity index (χ2v) is 8.09. The molecule has 0 spiro atoms. The third-order valence-corrected chi connectivity index (χ3v) is 5.91. The number of aryl methyl sites for hydroxylation is 1. The van der Waals surface area contributed by atoms with Crippen LogP contribution in [0.15, 0.2) is 54.6 Å². The SMILES string of the molecule is O=C(NCCc1nc2ccccc2n1CCC(=O)N1CCCCCC1)c1ccccc1. The number of carbonyl (C=O) groups is 2. The predicted molar refractivity (Wildman–Crippen MR) is 122 cm³/mol. The number of fused-ring (bicyclic) bond motifs is 1. The number of aromatic nitrogens is 2. The van der Waals surface area contributed by atoms with Crippen molar-refractivity contribution in [2.45, 2.75) is 45.1 Å². The van der Waals surface area contributed by atoms with E-state index in [4.69, 9.17) is 4.98 Å². The first-order chi connectivity index (χ1) is 15.2. The molecule has 1 aliphatic heterocycles. The van der Waals surface area contributed by atoms with Crippen molar-refractivity contribution in [1.29, 1.82) is 0 Å². The Morgan fingerprint density at radius 2 is 1.61 bits per heavy atom. The van der Waals surface area contributed by atoms with Crippen LogP contribution < -0.4 is 5.32 Å². The van der Waals surface area contributed by atoms with Crippen molar-refractivity contribution in [2.75, 3.05) is 19.6 Å². The molecule has 0 saturated carbocycles. The number of nitrogens with one attached hydrogen (secondary N) is 1. The molecule has 1 saturated heterocycles. The maximum absolute atomic E-state index is 12.8. The molecule has 6 heteroatoms. The van der Waals surface area contributed by atoms with Crippen LogP contribution in [0, 0.1) is 0 Å². The zero-order chi connectivity index (χ0) is 21.5. The Bertz CT molecular complexity index is 1020. The van der Waals surface area contributed by atoms with Gasteiger partial charge in [-0.1, -0.05) is 43.2 Å². The van der Waals surface area contributed by atoms with Crippen molar-refractivity contribution in [1.82, 2.24) is 19.8 Å². The second kappa shape index (κ2) is 10.2. The summed E-state index contributed by atoms with van der Waals surface area (Å²) in [5.74, 6) is 1.04. The van der Waals surface area contributed by atoms with Gasteiger partial charge in [0.05, 0.1) is 11.0 Å². The molecular formula is C25H30N4O2. The van der Waals surface area contributed by atoms with Gasteiger partial charge in [-0.25, -0.2) is 4.98 Å². The van der Waals surface area contributed by atoms with Crippen molar-refractivity contribution >= 4 is 22.8 Å². The Hall–Kier alpha value is -3.15. The van der Waals surface area contributed by atoms with Gasteiger partial charge < -0.3 is 14.8 Å². The fourth-order valence-electron chi connectivity index (χ4n) is 4.23. The van der Waals surface area contributed by atoms with Gasteiger partial charge in [0.15, 0.2) is 0 Å². The van der Waals surface area contributed by atoms with Crippen LogP contribution in [0.4, 0.5) is 0 Å². The molecule has 0 radical (unpaired) electrons. The fraction of sp³-hybridized carbons (Fsp3) is 0.400. The average molecular weight is 419 g/mol. The predicted octanol–water partition coefficient (Wildman–Crippen LogP) is 3.80. The summed E-state index contributed by atoms with van der Waals surface area (Å²) >= 11 is 0. The summed E-state index contributed by atoms with van der Waals surface area (Å²) in [7, 11) is 0. The molecule has 2 amide bonds. The number of likely N-dealkylation sites (tertiary alicyclic amines) is 1. The van der Waals surface area contributed by atoms with Gasteiger partial charge in [-0.2, -0.15) is 0 Å². The number of nitrogens with zero attached hydrogens (tertiary/aromatic N) is 3. The molecule has 0 atom stereocenters. The molecule has 1 N–H and O–H groups in total. The van der Waals surface area contributed by atoms with E-state index in [9.17, 15) is 9.59 Å². The third-order valence-electron chi connectivity index (χ3n) is 5.91. The van der Waals surface area contributed by atoms with E-state index < -0.39 is 0 Å². The van der Waals surface area contributed by atoms with E-state index in [0.29, 0.717) is 31.5 Å². The lowest BCUT2D eigenvalue weighted by molar-refractivity contribution is -0.131. The van der Waals surface area contributed by atoms with E-state index >= 15 is 0 Å². The molecular weight excluding hydrogens is 388 g/mol. The lowest BCUT2D eigenvalue weighted by Crippen LogP contribution is -2.32. The van der Waals surface area contributed by atoms with Crippen LogP contribution in [0.2, 0.25) is 0 Å². The van der Waals surface area contributed by atoms with Gasteiger partial charge in [0.2, 0.25) is 5.91 Å². The molecule has 162 valence electrons. The number of hydrogen-bond acceptors (Lipinski definition) is 3. The lowest BCUT2D eigenvalue weighted by Gasteiger charge is -2.20. The molecule has 0 unspecified atom stereocenters. The van der Waals surface area contributed by atoms with Crippen LogP contribution in [0.1, 0.15) is 48.3 Å². The summed E-state index contributed by atoms with van der Waals surface area (Å²) in [6.45, 7) is 2.86. The number of hydrogen-bond donors (Lipinski definition) is 1. The Morgan fingerprint density at radius 1 is 0.903 bits per heavy atom. The van der Waals surface area contributed by atoms with Gasteiger partial charge in [0.1, 0.15) is 5.82 Å². The number of rotatable bonds is 7. The van der Waals surface area contributed by atoms with E-state index in [1.807, 2.05) is 47.4 Å². The fourth-order valence-corrected chi connectivity index (χ4v) is 4.23. The van der Waals surface area contributed by atoms with Crippen molar-refractivity contribution in [3.05, 3.63) is 66.0 Å². The zero-order valence-electron chi connectivity index (χ0n) is 17.9. The first-order valence-corrected chi connectivity index (χ1v) is 11.3. The van der Waals surface area contributed by atoms with Gasteiger partial charge in [-0.15, -0.1) is 0 Å². The molecule has 1 fully saturated rings. The first-order valence-electron chi connectivity index (χ1n) is 11.3. The van der Waals surface area contributed by atoms with Gasteiger partial charge in [-0.05, 0) is 37.1 Å². The van der Waals surface area contributed by atoms with E-state index in [1.165, 1.54) is 12.8 Å². The Balaban J connectivity index is 1.41. The molecule has 6 nitrogen and oxygen atoms in total. The highest BCUT2D eigenvalue weighted by Crippen LogP contribution is 2.18. The highest BCUT2D eigenvalue weighted by atomic mass is 16.2. The van der Waals surface area contributed by atoms with Crippen LogP contribution in [-0.2, 0) is 17.8 Å². The largest absolute Gasteiger partial charge is 0.352 e. The Labute approximate surface area is 183 Å². The van der Waals surface area contributed by atoms with Gasteiger partial charge in [0.25, 0.3) is 5.91 Å². The van der Waals surface area contributed by atoms with Gasteiger partial charge in [0, 0.05) is 44.6 Å². The average Bonchev–Trinajstić information content (AvgIpc) is 2.96. The number of amides is 2. The molecule has 0 aliphatic carbocycles. The quantitative estimate of drug-likeness (QED) is 0.635. The van der Waals surface area contributed by atoms with E-state index in [1.54, 1.807) is 12.1 Å². The van der Waals surface area contributed by atoms with Crippen LogP contribution >= 0.6 is 0 Å². The maximum Gasteiger partial charge on any atom is 0.251 e. The molecule has 3 aromatic rings. The lowest BCUT2D eigenvalue weighted by atomic mass is 10.2. The first kappa shape index (κ1) is 21.1. The number of imidazole rings is 1. The third kappa shape index (κ3) is 5.32. The number of para-hydroxylation sites is 2. The Kier molecular flexibility index (Phi) is 6.97. The smallest absolute Gasteiger partial charge is 0.251 e. The minimum absolute atomic E-state index is 0.0837. The summed E-state index contributed by atoms with van der Waals surface area (Å²) in [5, 5.41) is 2.98. The molecule has 0 bridgehead atoms. The number of carbonyl (C=O) groups excluding carboxylic acids is 2. The minimum atomic E-state index is -0.0837. The molecule has 1 aromatic heterocycles. The molecule has 2 aromatic carbocycles. The van der Waals surface area contributed by atoms with E-state index in [2.05, 4.69) is 9.88 Å². The summed E-state index contributed by atoms with van der Waals surface area (Å²) in [4.78, 5) is 31.9. The van der Waals surface area contributed by atoms with Crippen molar-refractivity contribution in [3.8, 4) is 0 Å². The van der Waals surface area contributed by atoms with Crippen LogP contribution in [0.3, 0.4) is 0 Å². The monoisotopic (exact) mass is 418 g/mol. The normalized spacial score (nSPS) is 14.4. The number of benzene rings is 2. The minimum Gasteiger partial charge on any atom is -0.352 e. The highest BCUT2D eigenvalue weighted by molar-refractivity contribution is 5.94. The summed E-state index contributed by atoms with van der Waals surface area (Å²) in [6.07, 6.45) is 5.73. The van der Waals surface area contributed by atoms with Crippen LogP contribution in [0.5, 0.6) is 0 Å². The van der Waals surface area contributed by atoms with Crippen molar-refractivity contribution in [2.24, 2.45) is 0 Å². The molecule has 4 rings (SSSR count). The van der Waals surface area contributed by atoms with Gasteiger partial charge >= 0.3 is 0 Å². The summed E-state index contributed by atoms with van der Waals surface area (Å²) in [6, 6.07) is 17.2. The molecule has 31 heavy (non-hydrogen) atoms. The second-order valence-electron chi connectivity index (χ2n) is 8.09. The van der Waals surface area contributed by atoms with Gasteiger partial charge in [-0.3, -0.25) is 9.59 Å². The van der Waals surface area contributed by atoms with E-state index in [0.717, 1.165) is 42.8 Å². The molecule has 2 heterocycles. The zero-order valence-corrected chi connectivity index (χ0v) is 17.9. The van der Waals surface area contributed by atoms with Crippen LogP contribution in [0.25, 0.3) is 11.0 Å². The summed E-state index contributed by atoms with van der Waals surface area (Å²) < 4.78 is 2.14. The van der Waals surface area contributed by atoms with Crippen molar-refractivity contribution in [3.63, 3.8) is 0 Å². The van der Waals surface area contributed by atoms with E-state index in [-0.39, 0.29) is 11.8 Å². The topological polar surface area (TPSA) is 67.2 Å². The summed E-state index contributed by atoms with van der Waals surface area (Å²) in [5.41, 5.74) is 2.61. The molecule has 1 aliphatic rings. The van der Waals surface area contributed by atoms with Crippen LogP contribution in [-0.4, -0.2) is 45.9 Å².